The average molecular weight is 411 g/mol. The van der Waals surface area contributed by atoms with Gasteiger partial charge in [0.15, 0.2) is 11.9 Å². The van der Waals surface area contributed by atoms with E-state index in [4.69, 9.17) is 27.9 Å². The van der Waals surface area contributed by atoms with Crippen LogP contribution in [0.5, 0.6) is 5.75 Å². The summed E-state index contributed by atoms with van der Waals surface area (Å²) >= 11 is 11.8. The Hall–Kier alpha value is -2.91. The number of carbonyl (C=O) groups excluding carboxylic acids is 2. The topological polar surface area (TPSA) is 115 Å². The Labute approximate surface area is 163 Å². The van der Waals surface area contributed by atoms with Crippen LogP contribution in [-0.4, -0.2) is 34.4 Å². The maximum atomic E-state index is 12.4. The zero-order valence-corrected chi connectivity index (χ0v) is 15.3. The molecule has 9 nitrogen and oxygen atoms in total. The number of pyridine rings is 1. The number of halogens is 2. The lowest BCUT2D eigenvalue weighted by Gasteiger charge is -2.28. The van der Waals surface area contributed by atoms with Crippen LogP contribution in [-0.2, 0) is 9.59 Å². The SMILES string of the molecule is CC1Oc2ccc([N+](=O)[O-])nc2N(CC(=O)Nc2ccc(Cl)cc2Cl)C1=O. The van der Waals surface area contributed by atoms with Gasteiger partial charge in [0.25, 0.3) is 11.7 Å². The van der Waals surface area contributed by atoms with E-state index in [1.165, 1.54) is 25.1 Å². The Morgan fingerprint density at radius 2 is 2.11 bits per heavy atom. The van der Waals surface area contributed by atoms with Crippen LogP contribution in [0.2, 0.25) is 10.0 Å². The number of hydrogen-bond donors (Lipinski definition) is 1. The first-order valence-corrected chi connectivity index (χ1v) is 8.40. The third-order valence-electron chi connectivity index (χ3n) is 3.69. The molecule has 1 N–H and O–H groups in total. The normalized spacial score (nSPS) is 15.7. The summed E-state index contributed by atoms with van der Waals surface area (Å²) in [6.07, 6.45) is -0.868. The van der Waals surface area contributed by atoms with Crippen LogP contribution in [0.1, 0.15) is 6.92 Å². The van der Waals surface area contributed by atoms with E-state index in [9.17, 15) is 19.7 Å². The van der Waals surface area contributed by atoms with Gasteiger partial charge in [0.2, 0.25) is 5.91 Å². The summed E-state index contributed by atoms with van der Waals surface area (Å²) in [5.74, 6) is -1.51. The largest absolute Gasteiger partial charge is 0.475 e. The Balaban J connectivity index is 1.87. The second kappa shape index (κ2) is 7.37. The van der Waals surface area contributed by atoms with Crippen molar-refractivity contribution in [1.82, 2.24) is 4.98 Å². The fourth-order valence-electron chi connectivity index (χ4n) is 2.45. The number of aromatic nitrogens is 1. The third-order valence-corrected chi connectivity index (χ3v) is 4.24. The van der Waals surface area contributed by atoms with Crippen molar-refractivity contribution >= 4 is 52.3 Å². The molecule has 0 bridgehead atoms. The predicted molar refractivity (Wildman–Crippen MR) is 98.4 cm³/mol. The fraction of sp³-hybridized carbons (Fsp3) is 0.188. The van der Waals surface area contributed by atoms with Crippen LogP contribution in [0.25, 0.3) is 0 Å². The molecule has 1 unspecified atom stereocenters. The molecule has 11 heteroatoms. The van der Waals surface area contributed by atoms with Crippen LogP contribution in [0.3, 0.4) is 0 Å². The number of anilines is 2. The van der Waals surface area contributed by atoms with Crippen molar-refractivity contribution in [3.63, 3.8) is 0 Å². The highest BCUT2D eigenvalue weighted by molar-refractivity contribution is 6.36. The van der Waals surface area contributed by atoms with Gasteiger partial charge in [-0.25, -0.2) is 0 Å². The molecule has 2 heterocycles. The van der Waals surface area contributed by atoms with Gasteiger partial charge in [0.1, 0.15) is 6.54 Å². The summed E-state index contributed by atoms with van der Waals surface area (Å²) in [5, 5.41) is 14.2. The lowest BCUT2D eigenvalue weighted by Crippen LogP contribution is -2.48. The zero-order chi connectivity index (χ0) is 19.7. The molecule has 0 fully saturated rings. The Morgan fingerprint density at radius 1 is 1.37 bits per heavy atom. The van der Waals surface area contributed by atoms with Crippen molar-refractivity contribution < 1.29 is 19.2 Å². The summed E-state index contributed by atoms with van der Waals surface area (Å²) in [7, 11) is 0. The third kappa shape index (κ3) is 3.93. The fourth-order valence-corrected chi connectivity index (χ4v) is 2.91. The molecule has 2 aromatic rings. The highest BCUT2D eigenvalue weighted by Crippen LogP contribution is 2.34. The molecule has 1 aromatic heterocycles. The number of benzene rings is 1. The zero-order valence-electron chi connectivity index (χ0n) is 13.8. The molecular formula is C16H12Cl2N4O5. The summed E-state index contributed by atoms with van der Waals surface area (Å²) < 4.78 is 5.40. The molecule has 1 aliphatic heterocycles. The van der Waals surface area contributed by atoms with Gasteiger partial charge in [-0.1, -0.05) is 23.2 Å². The van der Waals surface area contributed by atoms with Gasteiger partial charge in [-0.15, -0.1) is 0 Å². The number of nitrogens with one attached hydrogen (secondary N) is 1. The van der Waals surface area contributed by atoms with E-state index in [1.807, 2.05) is 0 Å². The van der Waals surface area contributed by atoms with Gasteiger partial charge < -0.3 is 20.2 Å². The highest BCUT2D eigenvalue weighted by Gasteiger charge is 2.37. The maximum Gasteiger partial charge on any atom is 0.366 e. The molecule has 2 amide bonds. The molecule has 0 saturated heterocycles. The van der Waals surface area contributed by atoms with Crippen LogP contribution < -0.4 is 15.0 Å². The number of nitrogens with zero attached hydrogens (tertiary/aromatic N) is 3. The van der Waals surface area contributed by atoms with E-state index in [-0.39, 0.29) is 16.6 Å². The van der Waals surface area contributed by atoms with E-state index >= 15 is 0 Å². The second-order valence-electron chi connectivity index (χ2n) is 5.61. The van der Waals surface area contributed by atoms with E-state index in [0.29, 0.717) is 10.7 Å². The number of fused-ring (bicyclic) bond motifs is 1. The van der Waals surface area contributed by atoms with Crippen molar-refractivity contribution in [3.05, 3.63) is 50.5 Å². The number of rotatable bonds is 4. The van der Waals surface area contributed by atoms with Gasteiger partial charge in [-0.05, 0) is 41.1 Å². The molecule has 140 valence electrons. The van der Waals surface area contributed by atoms with Gasteiger partial charge in [0.05, 0.1) is 10.7 Å². The molecule has 27 heavy (non-hydrogen) atoms. The smallest absolute Gasteiger partial charge is 0.366 e. The van der Waals surface area contributed by atoms with Gasteiger partial charge in [-0.2, -0.15) is 0 Å². The molecule has 0 saturated carbocycles. The first-order chi connectivity index (χ1) is 12.8. The number of hydrogen-bond acceptors (Lipinski definition) is 6. The second-order valence-corrected chi connectivity index (χ2v) is 6.45. The lowest BCUT2D eigenvalue weighted by atomic mass is 10.2. The van der Waals surface area contributed by atoms with Crippen LogP contribution in [0.15, 0.2) is 30.3 Å². The first kappa shape index (κ1) is 18.9. The standard InChI is InChI=1S/C16H12Cl2N4O5/c1-8-16(24)21(15-12(27-8)4-5-13(20-15)22(25)26)7-14(23)19-11-3-2-9(17)6-10(11)18/h2-6,8H,7H2,1H3,(H,19,23). The minimum Gasteiger partial charge on any atom is -0.475 e. The summed E-state index contributed by atoms with van der Waals surface area (Å²) in [5.41, 5.74) is 0.312. The molecule has 1 aromatic carbocycles. The highest BCUT2D eigenvalue weighted by atomic mass is 35.5. The van der Waals surface area contributed by atoms with Crippen molar-refractivity contribution in [2.75, 3.05) is 16.8 Å². The Bertz CT molecular complexity index is 952. The Kier molecular flexibility index (Phi) is 5.15. The number of nitro groups is 1. The molecule has 0 radical (unpaired) electrons. The molecule has 3 rings (SSSR count). The van der Waals surface area contributed by atoms with E-state index < -0.39 is 35.2 Å². The van der Waals surface area contributed by atoms with Gasteiger partial charge >= 0.3 is 5.82 Å². The summed E-state index contributed by atoms with van der Waals surface area (Å²) in [6.45, 7) is 1.08. The van der Waals surface area contributed by atoms with E-state index in [0.717, 1.165) is 11.0 Å². The van der Waals surface area contributed by atoms with Crippen molar-refractivity contribution in [3.8, 4) is 5.75 Å². The van der Waals surface area contributed by atoms with Crippen LogP contribution >= 0.6 is 23.2 Å². The molecule has 1 aliphatic rings. The monoisotopic (exact) mass is 410 g/mol. The molecule has 0 spiro atoms. The maximum absolute atomic E-state index is 12.4. The van der Waals surface area contributed by atoms with Crippen molar-refractivity contribution in [2.45, 2.75) is 13.0 Å². The quantitative estimate of drug-likeness (QED) is 0.611. The van der Waals surface area contributed by atoms with E-state index in [1.54, 1.807) is 6.07 Å². The lowest BCUT2D eigenvalue weighted by molar-refractivity contribution is -0.389. The van der Waals surface area contributed by atoms with Gasteiger partial charge in [0, 0.05) is 11.1 Å². The average Bonchev–Trinajstić information content (AvgIpc) is 2.61. The minimum atomic E-state index is -0.868. The minimum absolute atomic E-state index is 0.0929. The van der Waals surface area contributed by atoms with Crippen LogP contribution in [0, 0.1) is 10.1 Å². The predicted octanol–water partition coefficient (Wildman–Crippen LogP) is 3.05. The summed E-state index contributed by atoms with van der Waals surface area (Å²) in [6, 6.07) is 7.02. The molecular weight excluding hydrogens is 399 g/mol. The number of carbonyl (C=O) groups is 2. The number of amides is 2. The summed E-state index contributed by atoms with van der Waals surface area (Å²) in [4.78, 5) is 40.0. The van der Waals surface area contributed by atoms with Gasteiger partial charge in [-0.3, -0.25) is 14.5 Å². The van der Waals surface area contributed by atoms with E-state index in [2.05, 4.69) is 10.3 Å². The molecule has 1 atom stereocenters. The number of ether oxygens (including phenoxy) is 1. The molecule has 0 aliphatic carbocycles. The van der Waals surface area contributed by atoms with Crippen molar-refractivity contribution in [1.29, 1.82) is 0 Å². The first-order valence-electron chi connectivity index (χ1n) is 7.64. The Morgan fingerprint density at radius 3 is 2.78 bits per heavy atom. The van der Waals surface area contributed by atoms with Crippen molar-refractivity contribution in [2.24, 2.45) is 0 Å². The van der Waals surface area contributed by atoms with Crippen LogP contribution in [0.4, 0.5) is 17.3 Å².